The number of aliphatic hydroxyl groups excluding tert-OH is 1. The van der Waals surface area contributed by atoms with Crippen LogP contribution < -0.4 is 14.8 Å². The van der Waals surface area contributed by atoms with Crippen LogP contribution >= 0.6 is 0 Å². The van der Waals surface area contributed by atoms with E-state index < -0.39 is 18.9 Å². The minimum Gasteiger partial charge on any atom is -0.454 e. The van der Waals surface area contributed by atoms with Gasteiger partial charge in [0.1, 0.15) is 0 Å². The molecule has 2 N–H and O–H groups in total. The van der Waals surface area contributed by atoms with Gasteiger partial charge in [-0.15, -0.1) is 0 Å². The molecule has 1 aromatic carbocycles. The monoisotopic (exact) mass is 302 g/mol. The van der Waals surface area contributed by atoms with Crippen LogP contribution in [-0.4, -0.2) is 55.4 Å². The van der Waals surface area contributed by atoms with E-state index in [9.17, 15) is 13.6 Å². The smallest absolute Gasteiger partial charge is 0.251 e. The van der Waals surface area contributed by atoms with Crippen molar-refractivity contribution in [2.45, 2.75) is 6.43 Å². The van der Waals surface area contributed by atoms with Gasteiger partial charge in [-0.2, -0.15) is 0 Å². The van der Waals surface area contributed by atoms with Crippen LogP contribution in [0.1, 0.15) is 0 Å². The first kappa shape index (κ1) is 15.5. The number of nitrogens with one attached hydrogen (secondary N) is 1. The third-order valence-corrected chi connectivity index (χ3v) is 2.84. The van der Waals surface area contributed by atoms with Crippen LogP contribution in [0.15, 0.2) is 18.2 Å². The van der Waals surface area contributed by atoms with Crippen molar-refractivity contribution < 1.29 is 28.2 Å². The molecule has 1 heterocycles. The lowest BCUT2D eigenvalue weighted by molar-refractivity contribution is -0.117. The van der Waals surface area contributed by atoms with Crippen LogP contribution in [0.2, 0.25) is 0 Å². The lowest BCUT2D eigenvalue weighted by atomic mass is 10.2. The van der Waals surface area contributed by atoms with Gasteiger partial charge in [0, 0.05) is 18.3 Å². The van der Waals surface area contributed by atoms with Crippen molar-refractivity contribution in [3.05, 3.63) is 18.2 Å². The zero-order valence-corrected chi connectivity index (χ0v) is 11.2. The first-order valence-corrected chi connectivity index (χ1v) is 6.39. The Balaban J connectivity index is 1.91. The number of hydrogen-bond acceptors (Lipinski definition) is 5. The number of anilines is 1. The van der Waals surface area contributed by atoms with Gasteiger partial charge in [-0.25, -0.2) is 8.78 Å². The van der Waals surface area contributed by atoms with E-state index in [1.54, 1.807) is 18.2 Å². The van der Waals surface area contributed by atoms with Gasteiger partial charge in [0.2, 0.25) is 12.7 Å². The highest BCUT2D eigenvalue weighted by atomic mass is 19.3. The quantitative estimate of drug-likeness (QED) is 0.783. The second kappa shape index (κ2) is 7.19. The highest BCUT2D eigenvalue weighted by molar-refractivity contribution is 5.92. The summed E-state index contributed by atoms with van der Waals surface area (Å²) in [6, 6.07) is 4.89. The largest absolute Gasteiger partial charge is 0.454 e. The standard InChI is InChI=1S/C13H16F2N2O4/c14-12(15)6-17(3-4-18)7-13(19)16-9-1-2-10-11(5-9)21-8-20-10/h1-2,5,12,18H,3-4,6-8H2,(H,16,19). The predicted molar refractivity (Wildman–Crippen MR) is 70.7 cm³/mol. The molecule has 0 spiro atoms. The molecule has 0 unspecified atom stereocenters. The van der Waals surface area contributed by atoms with Crippen molar-refractivity contribution in [2.75, 3.05) is 38.4 Å². The van der Waals surface area contributed by atoms with E-state index in [2.05, 4.69) is 5.32 Å². The summed E-state index contributed by atoms with van der Waals surface area (Å²) >= 11 is 0. The highest BCUT2D eigenvalue weighted by Gasteiger charge is 2.17. The summed E-state index contributed by atoms with van der Waals surface area (Å²) in [5.41, 5.74) is 0.491. The van der Waals surface area contributed by atoms with Gasteiger partial charge in [0.15, 0.2) is 11.5 Å². The van der Waals surface area contributed by atoms with E-state index in [4.69, 9.17) is 14.6 Å². The van der Waals surface area contributed by atoms with Crippen LogP contribution in [0, 0.1) is 0 Å². The molecule has 1 aliphatic heterocycles. The van der Waals surface area contributed by atoms with Crippen LogP contribution in [0.25, 0.3) is 0 Å². The Morgan fingerprint density at radius 1 is 1.38 bits per heavy atom. The molecule has 8 heteroatoms. The van der Waals surface area contributed by atoms with E-state index in [1.807, 2.05) is 0 Å². The molecular formula is C13H16F2N2O4. The van der Waals surface area contributed by atoms with Crippen molar-refractivity contribution in [3.8, 4) is 11.5 Å². The Bertz CT molecular complexity index is 499. The van der Waals surface area contributed by atoms with Crippen LogP contribution in [0.4, 0.5) is 14.5 Å². The molecule has 0 fully saturated rings. The van der Waals surface area contributed by atoms with E-state index in [0.29, 0.717) is 17.2 Å². The Kier molecular flexibility index (Phi) is 5.29. The van der Waals surface area contributed by atoms with E-state index in [1.165, 1.54) is 4.90 Å². The summed E-state index contributed by atoms with van der Waals surface area (Å²) in [7, 11) is 0. The fraction of sp³-hybridized carbons (Fsp3) is 0.462. The van der Waals surface area contributed by atoms with E-state index in [-0.39, 0.29) is 26.5 Å². The Morgan fingerprint density at radius 2 is 2.14 bits per heavy atom. The third-order valence-electron chi connectivity index (χ3n) is 2.84. The molecule has 116 valence electrons. The Hall–Kier alpha value is -1.93. The molecule has 0 atom stereocenters. The number of carbonyl (C=O) groups is 1. The van der Waals surface area contributed by atoms with Crippen LogP contribution in [-0.2, 0) is 4.79 Å². The number of aliphatic hydroxyl groups is 1. The maximum atomic E-state index is 12.4. The number of nitrogens with zero attached hydrogens (tertiary/aromatic N) is 1. The maximum absolute atomic E-state index is 12.4. The second-order valence-electron chi connectivity index (χ2n) is 4.47. The van der Waals surface area contributed by atoms with Gasteiger partial charge in [0.05, 0.1) is 19.7 Å². The molecule has 1 amide bonds. The van der Waals surface area contributed by atoms with Crippen LogP contribution in [0.5, 0.6) is 11.5 Å². The summed E-state index contributed by atoms with van der Waals surface area (Å²) in [5.74, 6) is 0.670. The van der Waals surface area contributed by atoms with Crippen molar-refractivity contribution >= 4 is 11.6 Å². The van der Waals surface area contributed by atoms with Crippen molar-refractivity contribution in [3.63, 3.8) is 0 Å². The number of carbonyl (C=O) groups excluding carboxylic acids is 1. The Labute approximate surface area is 120 Å². The number of amides is 1. The number of fused-ring (bicyclic) bond motifs is 1. The molecule has 0 saturated carbocycles. The first-order valence-electron chi connectivity index (χ1n) is 6.39. The SMILES string of the molecule is O=C(CN(CCO)CC(F)F)Nc1ccc2c(c1)OCO2. The third kappa shape index (κ3) is 4.54. The summed E-state index contributed by atoms with van der Waals surface area (Å²) in [6.45, 7) is -0.928. The van der Waals surface area contributed by atoms with Gasteiger partial charge in [-0.05, 0) is 12.1 Å². The predicted octanol–water partition coefficient (Wildman–Crippen LogP) is 0.913. The summed E-state index contributed by atoms with van der Waals surface area (Å²) < 4.78 is 35.0. The number of benzene rings is 1. The molecule has 0 bridgehead atoms. The lowest BCUT2D eigenvalue weighted by Crippen LogP contribution is -2.38. The zero-order chi connectivity index (χ0) is 15.2. The average molecular weight is 302 g/mol. The topological polar surface area (TPSA) is 71.0 Å². The lowest BCUT2D eigenvalue weighted by Gasteiger charge is -2.20. The number of ether oxygens (including phenoxy) is 2. The first-order chi connectivity index (χ1) is 10.1. The number of rotatable bonds is 7. The van der Waals surface area contributed by atoms with Gasteiger partial charge < -0.3 is 19.9 Å². The molecule has 0 aromatic heterocycles. The minimum atomic E-state index is -2.56. The average Bonchev–Trinajstić information content (AvgIpc) is 2.85. The number of alkyl halides is 2. The molecule has 6 nitrogen and oxygen atoms in total. The van der Waals surface area contributed by atoms with Crippen LogP contribution in [0.3, 0.4) is 0 Å². The fourth-order valence-electron chi connectivity index (χ4n) is 1.95. The maximum Gasteiger partial charge on any atom is 0.251 e. The van der Waals surface area contributed by atoms with Crippen molar-refractivity contribution in [2.24, 2.45) is 0 Å². The van der Waals surface area contributed by atoms with Gasteiger partial charge in [-0.1, -0.05) is 0 Å². The minimum absolute atomic E-state index is 0.0128. The summed E-state index contributed by atoms with van der Waals surface area (Å²) in [4.78, 5) is 13.0. The highest BCUT2D eigenvalue weighted by Crippen LogP contribution is 2.34. The fourth-order valence-corrected chi connectivity index (χ4v) is 1.95. The number of halogens is 2. The van der Waals surface area contributed by atoms with Gasteiger partial charge in [0.25, 0.3) is 6.43 Å². The molecular weight excluding hydrogens is 286 g/mol. The van der Waals surface area contributed by atoms with Crippen molar-refractivity contribution in [1.82, 2.24) is 4.90 Å². The summed E-state index contributed by atoms with van der Waals surface area (Å²) in [6.07, 6.45) is -2.56. The molecule has 0 radical (unpaired) electrons. The van der Waals surface area contributed by atoms with Gasteiger partial charge >= 0.3 is 0 Å². The zero-order valence-electron chi connectivity index (χ0n) is 11.2. The Morgan fingerprint density at radius 3 is 2.86 bits per heavy atom. The van der Waals surface area contributed by atoms with Gasteiger partial charge in [-0.3, -0.25) is 9.69 Å². The van der Waals surface area contributed by atoms with E-state index >= 15 is 0 Å². The molecule has 1 aliphatic rings. The molecule has 0 saturated heterocycles. The normalized spacial score (nSPS) is 13.0. The number of hydrogen-bond donors (Lipinski definition) is 2. The molecule has 0 aliphatic carbocycles. The van der Waals surface area contributed by atoms with E-state index in [0.717, 1.165) is 0 Å². The summed E-state index contributed by atoms with van der Waals surface area (Å²) in [5, 5.41) is 11.4. The van der Waals surface area contributed by atoms with Crippen molar-refractivity contribution in [1.29, 1.82) is 0 Å². The molecule has 2 rings (SSSR count). The molecule has 1 aromatic rings. The second-order valence-corrected chi connectivity index (χ2v) is 4.47. The molecule has 21 heavy (non-hydrogen) atoms.